The van der Waals surface area contributed by atoms with Gasteiger partial charge in [-0.05, 0) is 24.6 Å². The number of benzene rings is 2. The van der Waals surface area contributed by atoms with Crippen LogP contribution in [0.3, 0.4) is 0 Å². The molecular formula is C16H17N3O2S. The van der Waals surface area contributed by atoms with Gasteiger partial charge in [0.1, 0.15) is 6.04 Å². The van der Waals surface area contributed by atoms with Crippen LogP contribution in [0, 0.1) is 18.3 Å². The van der Waals surface area contributed by atoms with E-state index in [1.54, 1.807) is 36.4 Å². The molecule has 0 heterocycles. The van der Waals surface area contributed by atoms with Gasteiger partial charge in [0.2, 0.25) is 10.0 Å². The number of aryl methyl sites for hydroxylation is 1. The van der Waals surface area contributed by atoms with Gasteiger partial charge in [-0.15, -0.1) is 0 Å². The number of nitriles is 1. The lowest BCUT2D eigenvalue weighted by atomic mass is 10.0. The van der Waals surface area contributed by atoms with Crippen LogP contribution >= 0.6 is 0 Å². The highest BCUT2D eigenvalue weighted by molar-refractivity contribution is 7.89. The molecule has 2 atom stereocenters. The van der Waals surface area contributed by atoms with Crippen molar-refractivity contribution in [3.8, 4) is 6.07 Å². The summed E-state index contributed by atoms with van der Waals surface area (Å²) in [5, 5.41) is 9.06. The van der Waals surface area contributed by atoms with Crippen LogP contribution in [0.15, 0.2) is 59.5 Å². The summed E-state index contributed by atoms with van der Waals surface area (Å²) in [4.78, 5) is 0.143. The van der Waals surface area contributed by atoms with Gasteiger partial charge in [-0.3, -0.25) is 0 Å². The minimum atomic E-state index is -3.76. The van der Waals surface area contributed by atoms with Crippen molar-refractivity contribution in [3.63, 3.8) is 0 Å². The maximum absolute atomic E-state index is 12.5. The van der Waals surface area contributed by atoms with Crippen molar-refractivity contribution in [1.29, 1.82) is 5.26 Å². The molecule has 0 amide bonds. The first-order valence-corrected chi connectivity index (χ1v) is 8.21. The van der Waals surface area contributed by atoms with Crippen LogP contribution < -0.4 is 10.5 Å². The van der Waals surface area contributed by atoms with Crippen molar-refractivity contribution in [2.45, 2.75) is 23.9 Å². The molecule has 0 aliphatic rings. The molecule has 0 fully saturated rings. The highest BCUT2D eigenvalue weighted by Crippen LogP contribution is 2.19. The molecule has 0 unspecified atom stereocenters. The summed E-state index contributed by atoms with van der Waals surface area (Å²) >= 11 is 0. The zero-order valence-electron chi connectivity index (χ0n) is 12.1. The van der Waals surface area contributed by atoms with Crippen molar-refractivity contribution in [2.24, 2.45) is 5.73 Å². The van der Waals surface area contributed by atoms with Crippen LogP contribution in [-0.2, 0) is 10.0 Å². The van der Waals surface area contributed by atoms with Gasteiger partial charge in [0.05, 0.1) is 17.0 Å². The Bertz CT molecular complexity index is 765. The third kappa shape index (κ3) is 3.71. The monoisotopic (exact) mass is 315 g/mol. The maximum Gasteiger partial charge on any atom is 0.241 e. The molecule has 0 aromatic heterocycles. The second kappa shape index (κ2) is 6.71. The first-order valence-electron chi connectivity index (χ1n) is 6.73. The van der Waals surface area contributed by atoms with Gasteiger partial charge >= 0.3 is 0 Å². The number of nitrogens with zero attached hydrogens (tertiary/aromatic N) is 1. The van der Waals surface area contributed by atoms with Crippen LogP contribution in [0.25, 0.3) is 0 Å². The Morgan fingerprint density at radius 1 is 1.09 bits per heavy atom. The SMILES string of the molecule is Cc1ccc(S(=O)(=O)N[C@@H](c2ccccc2)[C@@H](N)C#N)cc1. The molecule has 2 rings (SSSR count). The Balaban J connectivity index is 2.35. The third-order valence-corrected chi connectivity index (χ3v) is 4.74. The summed E-state index contributed by atoms with van der Waals surface area (Å²) < 4.78 is 27.5. The number of hydrogen-bond acceptors (Lipinski definition) is 4. The van der Waals surface area contributed by atoms with Crippen LogP contribution in [0.2, 0.25) is 0 Å². The third-order valence-electron chi connectivity index (χ3n) is 3.28. The molecule has 0 spiro atoms. The van der Waals surface area contributed by atoms with Gasteiger partial charge < -0.3 is 5.73 Å². The molecule has 6 heteroatoms. The van der Waals surface area contributed by atoms with Crippen molar-refractivity contribution >= 4 is 10.0 Å². The number of hydrogen-bond donors (Lipinski definition) is 2. The van der Waals surface area contributed by atoms with E-state index in [0.717, 1.165) is 5.56 Å². The quantitative estimate of drug-likeness (QED) is 0.880. The van der Waals surface area contributed by atoms with Crippen LogP contribution in [0.4, 0.5) is 0 Å². The molecule has 3 N–H and O–H groups in total. The molecule has 2 aromatic rings. The standard InChI is InChI=1S/C16H17N3O2S/c1-12-7-9-14(10-8-12)22(20,21)19-16(15(18)11-17)13-5-3-2-4-6-13/h2-10,15-16,19H,18H2,1H3/t15-,16-/m0/s1. The summed E-state index contributed by atoms with van der Waals surface area (Å²) in [6.07, 6.45) is 0. The Labute approximate surface area is 130 Å². The van der Waals surface area contributed by atoms with Gasteiger partial charge in [0, 0.05) is 0 Å². The summed E-state index contributed by atoms with van der Waals surface area (Å²) in [6.45, 7) is 1.88. The van der Waals surface area contributed by atoms with Gasteiger partial charge in [-0.1, -0.05) is 48.0 Å². The Morgan fingerprint density at radius 2 is 1.68 bits per heavy atom. The van der Waals surface area contributed by atoms with E-state index in [0.29, 0.717) is 5.56 Å². The van der Waals surface area contributed by atoms with E-state index in [1.165, 1.54) is 12.1 Å². The second-order valence-corrected chi connectivity index (χ2v) is 6.69. The number of nitrogens with one attached hydrogen (secondary N) is 1. The molecule has 0 aliphatic heterocycles. The Kier molecular flexibility index (Phi) is 4.93. The van der Waals surface area contributed by atoms with Gasteiger partial charge in [-0.25, -0.2) is 13.1 Å². The lowest BCUT2D eigenvalue weighted by molar-refractivity contribution is 0.536. The Hall–Kier alpha value is -2.20. The maximum atomic E-state index is 12.5. The lowest BCUT2D eigenvalue weighted by Gasteiger charge is -2.21. The normalized spacial score (nSPS) is 14.0. The smallest absolute Gasteiger partial charge is 0.241 e. The second-order valence-electron chi connectivity index (χ2n) is 4.98. The molecule has 0 radical (unpaired) electrons. The highest BCUT2D eigenvalue weighted by Gasteiger charge is 2.26. The summed E-state index contributed by atoms with van der Waals surface area (Å²) in [5.74, 6) is 0. The van der Waals surface area contributed by atoms with Crippen LogP contribution in [0.1, 0.15) is 17.2 Å². The molecule has 114 valence electrons. The van der Waals surface area contributed by atoms with Crippen molar-refractivity contribution < 1.29 is 8.42 Å². The van der Waals surface area contributed by atoms with Crippen molar-refractivity contribution in [1.82, 2.24) is 4.72 Å². The van der Waals surface area contributed by atoms with Crippen LogP contribution in [0.5, 0.6) is 0 Å². The molecule has 0 bridgehead atoms. The topological polar surface area (TPSA) is 96.0 Å². The fourth-order valence-electron chi connectivity index (χ4n) is 2.04. The molecule has 0 saturated heterocycles. The number of nitrogens with two attached hydrogens (primary N) is 1. The lowest BCUT2D eigenvalue weighted by Crippen LogP contribution is -2.40. The molecule has 5 nitrogen and oxygen atoms in total. The number of rotatable bonds is 5. The van der Waals surface area contributed by atoms with E-state index >= 15 is 0 Å². The largest absolute Gasteiger partial charge is 0.314 e. The summed E-state index contributed by atoms with van der Waals surface area (Å²) in [5.41, 5.74) is 7.38. The average Bonchev–Trinajstić information content (AvgIpc) is 2.53. The van der Waals surface area contributed by atoms with Gasteiger partial charge in [-0.2, -0.15) is 5.26 Å². The Morgan fingerprint density at radius 3 is 2.23 bits per heavy atom. The highest BCUT2D eigenvalue weighted by atomic mass is 32.2. The fourth-order valence-corrected chi connectivity index (χ4v) is 3.28. The van der Waals surface area contributed by atoms with E-state index in [4.69, 9.17) is 11.0 Å². The summed E-state index contributed by atoms with van der Waals surface area (Å²) in [7, 11) is -3.76. The molecule has 22 heavy (non-hydrogen) atoms. The van der Waals surface area contributed by atoms with E-state index in [2.05, 4.69) is 4.72 Å². The first-order chi connectivity index (χ1) is 10.4. The van der Waals surface area contributed by atoms with E-state index in [1.807, 2.05) is 19.1 Å². The minimum absolute atomic E-state index is 0.143. The number of sulfonamides is 1. The zero-order chi connectivity index (χ0) is 16.2. The van der Waals surface area contributed by atoms with E-state index < -0.39 is 22.1 Å². The first kappa shape index (κ1) is 16.2. The zero-order valence-corrected chi connectivity index (χ0v) is 12.9. The van der Waals surface area contributed by atoms with Crippen LogP contribution in [-0.4, -0.2) is 14.5 Å². The molecule has 2 aromatic carbocycles. The molecular weight excluding hydrogens is 298 g/mol. The predicted octanol–water partition coefficient (Wildman–Crippen LogP) is 1.87. The predicted molar refractivity (Wildman–Crippen MR) is 84.3 cm³/mol. The van der Waals surface area contributed by atoms with E-state index in [9.17, 15) is 8.42 Å². The molecule has 0 saturated carbocycles. The van der Waals surface area contributed by atoms with Crippen molar-refractivity contribution in [3.05, 3.63) is 65.7 Å². The fraction of sp³-hybridized carbons (Fsp3) is 0.188. The average molecular weight is 315 g/mol. The molecule has 0 aliphatic carbocycles. The van der Waals surface area contributed by atoms with Crippen molar-refractivity contribution in [2.75, 3.05) is 0 Å². The minimum Gasteiger partial charge on any atom is -0.314 e. The summed E-state index contributed by atoms with van der Waals surface area (Å²) in [6, 6.07) is 15.4. The van der Waals surface area contributed by atoms with E-state index in [-0.39, 0.29) is 4.90 Å². The van der Waals surface area contributed by atoms with Gasteiger partial charge in [0.15, 0.2) is 0 Å². The van der Waals surface area contributed by atoms with Gasteiger partial charge in [0.25, 0.3) is 0 Å².